The van der Waals surface area contributed by atoms with Crippen molar-refractivity contribution in [2.75, 3.05) is 11.5 Å². The Hall–Kier alpha value is -3.09. The summed E-state index contributed by atoms with van der Waals surface area (Å²) >= 11 is 9.66. The maximum absolute atomic E-state index is 13.8. The maximum Gasteiger partial charge on any atom is 0.263 e. The molecule has 7 heteroatoms. The molecule has 5 nitrogen and oxygen atoms in total. The van der Waals surface area contributed by atoms with Crippen LogP contribution >= 0.6 is 27.5 Å². The normalized spacial score (nSPS) is 10.5. The number of amides is 2. The van der Waals surface area contributed by atoms with Gasteiger partial charge in [0.15, 0.2) is 0 Å². The van der Waals surface area contributed by atoms with Gasteiger partial charge in [-0.3, -0.25) is 14.5 Å². The number of hydrogen-bond acceptors (Lipinski definition) is 3. The molecular formula is C25H22BrClN2O3. The summed E-state index contributed by atoms with van der Waals surface area (Å²) in [6.45, 7) is 5.86. The van der Waals surface area contributed by atoms with Crippen molar-refractivity contribution in [3.8, 4) is 5.75 Å². The van der Waals surface area contributed by atoms with Gasteiger partial charge in [0.2, 0.25) is 5.91 Å². The van der Waals surface area contributed by atoms with Gasteiger partial charge in [0.05, 0.1) is 17.8 Å². The molecule has 0 radical (unpaired) electrons. The van der Waals surface area contributed by atoms with E-state index in [2.05, 4.69) is 22.5 Å². The third-order valence-corrected chi connectivity index (χ3v) is 5.44. The van der Waals surface area contributed by atoms with Crippen molar-refractivity contribution in [2.24, 2.45) is 5.73 Å². The highest BCUT2D eigenvalue weighted by atomic mass is 79.9. The van der Waals surface area contributed by atoms with Crippen LogP contribution in [-0.4, -0.2) is 18.4 Å². The Morgan fingerprint density at radius 1 is 1.16 bits per heavy atom. The number of hydrogen-bond donors (Lipinski definition) is 1. The molecule has 3 aromatic carbocycles. The van der Waals surface area contributed by atoms with Crippen LogP contribution in [-0.2, 0) is 11.2 Å². The lowest BCUT2D eigenvalue weighted by Gasteiger charge is -2.26. The van der Waals surface area contributed by atoms with Crippen LogP contribution in [0.15, 0.2) is 77.8 Å². The Morgan fingerprint density at radius 3 is 2.59 bits per heavy atom. The first kappa shape index (κ1) is 23.6. The van der Waals surface area contributed by atoms with Gasteiger partial charge >= 0.3 is 0 Å². The molecule has 0 atom stereocenters. The molecule has 0 saturated heterocycles. The largest absolute Gasteiger partial charge is 0.490 e. The molecule has 0 aliphatic rings. The monoisotopic (exact) mass is 512 g/mol. The number of ether oxygens (including phenoxy) is 1. The van der Waals surface area contributed by atoms with Crippen molar-refractivity contribution in [2.45, 2.75) is 13.3 Å². The van der Waals surface area contributed by atoms with Crippen LogP contribution in [0.5, 0.6) is 5.75 Å². The molecule has 0 aliphatic heterocycles. The second-order valence-electron chi connectivity index (χ2n) is 7.11. The van der Waals surface area contributed by atoms with Crippen LogP contribution in [0.25, 0.3) is 0 Å². The highest BCUT2D eigenvalue weighted by molar-refractivity contribution is 9.10. The molecule has 0 fully saturated rings. The summed E-state index contributed by atoms with van der Waals surface area (Å²) < 4.78 is 6.35. The zero-order chi connectivity index (χ0) is 23.3. The summed E-state index contributed by atoms with van der Waals surface area (Å²) in [5, 5.41) is 0.485. The number of benzene rings is 3. The lowest BCUT2D eigenvalue weighted by molar-refractivity contribution is -0.117. The third kappa shape index (κ3) is 5.58. The maximum atomic E-state index is 13.8. The highest BCUT2D eigenvalue weighted by Gasteiger charge is 2.24. The van der Waals surface area contributed by atoms with E-state index < -0.39 is 5.91 Å². The number of carbonyl (C=O) groups is 2. The van der Waals surface area contributed by atoms with Crippen molar-refractivity contribution in [1.29, 1.82) is 0 Å². The van der Waals surface area contributed by atoms with E-state index in [0.717, 1.165) is 10.0 Å². The molecular weight excluding hydrogens is 492 g/mol. The second-order valence-corrected chi connectivity index (χ2v) is 8.47. The number of rotatable bonds is 8. The van der Waals surface area contributed by atoms with Gasteiger partial charge in [-0.25, -0.2) is 0 Å². The molecule has 0 aliphatic carbocycles. The fraction of sp³-hybridized carbons (Fsp3) is 0.120. The molecule has 2 N–H and O–H groups in total. The van der Waals surface area contributed by atoms with E-state index in [0.29, 0.717) is 39.9 Å². The number of nitrogens with zero attached hydrogens (tertiary/aromatic N) is 1. The van der Waals surface area contributed by atoms with Crippen molar-refractivity contribution in [1.82, 2.24) is 0 Å². The first-order chi connectivity index (χ1) is 15.3. The lowest BCUT2D eigenvalue weighted by atomic mass is 10.0. The molecule has 0 heterocycles. The summed E-state index contributed by atoms with van der Waals surface area (Å²) in [5.74, 6) is -0.123. The van der Waals surface area contributed by atoms with E-state index in [4.69, 9.17) is 22.1 Å². The standard InChI is InChI=1S/C25H22BrClN2O3/c1-3-11-32-21-8-9-22(16(2)12-21)25(31)29(20-6-4-5-19(27)15-20)23-10-7-18(26)13-17(23)14-24(28)30/h3-10,12-13,15H,1,11,14H2,2H3,(H2,28,30). The molecule has 0 spiro atoms. The van der Waals surface area contributed by atoms with Gasteiger partial charge in [-0.1, -0.05) is 46.3 Å². The predicted octanol–water partition coefficient (Wildman–Crippen LogP) is 5.98. The van der Waals surface area contributed by atoms with E-state index in [9.17, 15) is 9.59 Å². The van der Waals surface area contributed by atoms with Crippen LogP contribution < -0.4 is 15.4 Å². The van der Waals surface area contributed by atoms with E-state index >= 15 is 0 Å². The number of nitrogens with two attached hydrogens (primary N) is 1. The molecule has 3 rings (SSSR count). The van der Waals surface area contributed by atoms with Crippen molar-refractivity contribution in [3.63, 3.8) is 0 Å². The van der Waals surface area contributed by atoms with E-state index in [1.54, 1.807) is 65.6 Å². The summed E-state index contributed by atoms with van der Waals surface area (Å²) in [6.07, 6.45) is 1.63. The quantitative estimate of drug-likeness (QED) is 0.377. The Kier molecular flexibility index (Phi) is 7.72. The van der Waals surface area contributed by atoms with Gasteiger partial charge in [-0.15, -0.1) is 0 Å². The molecule has 0 unspecified atom stereocenters. The highest BCUT2D eigenvalue weighted by Crippen LogP contribution is 2.34. The lowest BCUT2D eigenvalue weighted by Crippen LogP contribution is -2.28. The number of halogens is 2. The SMILES string of the molecule is C=CCOc1ccc(C(=O)N(c2cccc(Cl)c2)c2ccc(Br)cc2CC(N)=O)c(C)c1. The summed E-state index contributed by atoms with van der Waals surface area (Å²) in [5.41, 5.74) is 8.44. The minimum Gasteiger partial charge on any atom is -0.490 e. The molecule has 0 bridgehead atoms. The van der Waals surface area contributed by atoms with Crippen LogP contribution in [0.2, 0.25) is 5.02 Å². The van der Waals surface area contributed by atoms with E-state index in [-0.39, 0.29) is 12.3 Å². The van der Waals surface area contributed by atoms with Crippen molar-refractivity contribution >= 4 is 50.7 Å². The average Bonchev–Trinajstić information content (AvgIpc) is 2.73. The molecule has 164 valence electrons. The van der Waals surface area contributed by atoms with Crippen LogP contribution in [0, 0.1) is 6.92 Å². The number of aryl methyl sites for hydroxylation is 1. The van der Waals surface area contributed by atoms with Gasteiger partial charge in [0, 0.05) is 15.1 Å². The van der Waals surface area contributed by atoms with Crippen molar-refractivity contribution < 1.29 is 14.3 Å². The first-order valence-corrected chi connectivity index (χ1v) is 11.0. The Labute approximate surface area is 200 Å². The molecule has 3 aromatic rings. The van der Waals surface area contributed by atoms with Gasteiger partial charge in [0.25, 0.3) is 5.91 Å². The minimum atomic E-state index is -0.497. The zero-order valence-corrected chi connectivity index (χ0v) is 19.8. The average molecular weight is 514 g/mol. The Balaban J connectivity index is 2.14. The summed E-state index contributed by atoms with van der Waals surface area (Å²) in [7, 11) is 0. The fourth-order valence-corrected chi connectivity index (χ4v) is 3.92. The second kappa shape index (κ2) is 10.5. The first-order valence-electron chi connectivity index (χ1n) is 9.81. The topological polar surface area (TPSA) is 72.6 Å². The zero-order valence-electron chi connectivity index (χ0n) is 17.5. The third-order valence-electron chi connectivity index (χ3n) is 4.71. The smallest absolute Gasteiger partial charge is 0.263 e. The number of primary amides is 1. The van der Waals surface area contributed by atoms with Gasteiger partial charge < -0.3 is 10.5 Å². The van der Waals surface area contributed by atoms with Crippen molar-refractivity contribution in [3.05, 3.63) is 99.5 Å². The van der Waals surface area contributed by atoms with E-state index in [1.807, 2.05) is 13.0 Å². The number of anilines is 2. The molecule has 0 saturated carbocycles. The Bertz CT molecular complexity index is 1180. The van der Waals surface area contributed by atoms with Gasteiger partial charge in [-0.05, 0) is 72.6 Å². The number of carbonyl (C=O) groups excluding carboxylic acids is 2. The molecule has 32 heavy (non-hydrogen) atoms. The van der Waals surface area contributed by atoms with E-state index in [1.165, 1.54) is 0 Å². The summed E-state index contributed by atoms with van der Waals surface area (Å²) in [4.78, 5) is 27.1. The predicted molar refractivity (Wildman–Crippen MR) is 132 cm³/mol. The summed E-state index contributed by atoms with van der Waals surface area (Å²) in [6, 6.07) is 17.6. The van der Waals surface area contributed by atoms with Crippen LogP contribution in [0.3, 0.4) is 0 Å². The molecule has 0 aromatic heterocycles. The fourth-order valence-electron chi connectivity index (χ4n) is 3.32. The molecule has 2 amide bonds. The minimum absolute atomic E-state index is 0.0214. The van der Waals surface area contributed by atoms with Gasteiger partial charge in [-0.2, -0.15) is 0 Å². The van der Waals surface area contributed by atoms with Crippen LogP contribution in [0.1, 0.15) is 21.5 Å². The van der Waals surface area contributed by atoms with Crippen LogP contribution in [0.4, 0.5) is 11.4 Å². The van der Waals surface area contributed by atoms with Gasteiger partial charge in [0.1, 0.15) is 12.4 Å². The Morgan fingerprint density at radius 2 is 1.94 bits per heavy atom.